The Hall–Kier alpha value is -0.420. The van der Waals surface area contributed by atoms with Crippen molar-refractivity contribution in [2.24, 2.45) is 0 Å². The van der Waals surface area contributed by atoms with E-state index < -0.39 is 0 Å². The highest BCUT2D eigenvalue weighted by Crippen LogP contribution is 2.48. The van der Waals surface area contributed by atoms with Crippen molar-refractivity contribution in [3.63, 3.8) is 0 Å². The zero-order chi connectivity index (χ0) is 15.4. The lowest BCUT2D eigenvalue weighted by atomic mass is 9.99. The average Bonchev–Trinajstić information content (AvgIpc) is 2.56. The molecule has 0 aliphatic heterocycles. The van der Waals surface area contributed by atoms with E-state index in [-0.39, 0.29) is 0 Å². The van der Waals surface area contributed by atoms with Crippen LogP contribution in [0, 0.1) is 0 Å². The maximum atomic E-state index is 3.82. The first-order valence-corrected chi connectivity index (χ1v) is 9.83. The second-order valence-corrected chi connectivity index (χ2v) is 8.27. The summed E-state index contributed by atoms with van der Waals surface area (Å²) in [5, 5.41) is 7.15. The summed E-state index contributed by atoms with van der Waals surface area (Å²) in [5.41, 5.74) is 0. The molecule has 0 bridgehead atoms. The van der Waals surface area contributed by atoms with Crippen molar-refractivity contribution >= 4 is 96.0 Å². The largest absolute Gasteiger partial charge is 0.0616 e. The number of halogens is 4. The van der Waals surface area contributed by atoms with Crippen molar-refractivity contribution in [1.82, 2.24) is 0 Å². The summed E-state index contributed by atoms with van der Waals surface area (Å²) in [6, 6.07) is 16.8. The molecule has 0 heterocycles. The number of benzene rings is 4. The second-order valence-electron chi connectivity index (χ2n) is 5.10. The zero-order valence-corrected chi connectivity index (χ0v) is 17.5. The predicted octanol–water partition coefficient (Wildman–Crippen LogP) is 8.20. The van der Waals surface area contributed by atoms with Crippen LogP contribution in [0.5, 0.6) is 0 Å². The van der Waals surface area contributed by atoms with Crippen LogP contribution in [0.2, 0.25) is 0 Å². The highest BCUT2D eigenvalue weighted by atomic mass is 79.9. The second kappa shape index (κ2) is 5.59. The third-order valence-corrected chi connectivity index (χ3v) is 7.22. The van der Waals surface area contributed by atoms with Gasteiger partial charge in [-0.15, -0.1) is 0 Å². The topological polar surface area (TPSA) is 0 Å². The van der Waals surface area contributed by atoms with Gasteiger partial charge in [0.1, 0.15) is 0 Å². The fourth-order valence-corrected chi connectivity index (χ4v) is 6.40. The summed E-state index contributed by atoms with van der Waals surface area (Å²) in [7, 11) is 0. The van der Waals surface area contributed by atoms with Crippen molar-refractivity contribution in [3.8, 4) is 0 Å². The summed E-state index contributed by atoms with van der Waals surface area (Å²) >= 11 is 15.3. The minimum atomic E-state index is 1.11. The molecule has 0 atom stereocenters. The van der Waals surface area contributed by atoms with Gasteiger partial charge in [0.2, 0.25) is 0 Å². The lowest BCUT2D eigenvalue weighted by molar-refractivity contribution is 1.69. The molecule has 0 N–H and O–H groups in total. The molecule has 4 aromatic rings. The maximum Gasteiger partial charge on any atom is 0.0344 e. The van der Waals surface area contributed by atoms with Crippen molar-refractivity contribution < 1.29 is 0 Å². The van der Waals surface area contributed by atoms with Gasteiger partial charge in [-0.25, -0.2) is 0 Å². The minimum Gasteiger partial charge on any atom is -0.0616 e. The van der Waals surface area contributed by atoms with E-state index in [0.717, 1.165) is 17.9 Å². The molecule has 0 fully saturated rings. The first-order chi connectivity index (χ1) is 10.6. The molecular weight excluding hydrogens is 536 g/mol. The molecule has 0 aliphatic rings. The molecule has 0 aromatic heterocycles. The first kappa shape index (κ1) is 15.1. The quantitative estimate of drug-likeness (QED) is 0.196. The fraction of sp³-hybridized carbons (Fsp3) is 0. The SMILES string of the molecule is Brc1c2ccccc2c(Br)c2c(Br)c3ccccc3c(Br)c12. The molecule has 0 spiro atoms. The Labute approximate surface area is 161 Å². The Balaban J connectivity index is 2.42. The predicted molar refractivity (Wildman–Crippen MR) is 110 cm³/mol. The zero-order valence-electron chi connectivity index (χ0n) is 11.1. The van der Waals surface area contributed by atoms with Gasteiger partial charge >= 0.3 is 0 Å². The summed E-state index contributed by atoms with van der Waals surface area (Å²) in [6.07, 6.45) is 0. The molecule has 0 saturated carbocycles. The highest BCUT2D eigenvalue weighted by Gasteiger charge is 2.18. The van der Waals surface area contributed by atoms with Crippen LogP contribution < -0.4 is 0 Å². The average molecular weight is 544 g/mol. The van der Waals surface area contributed by atoms with Crippen LogP contribution >= 0.6 is 63.7 Å². The van der Waals surface area contributed by atoms with Crippen LogP contribution in [-0.4, -0.2) is 0 Å². The van der Waals surface area contributed by atoms with Gasteiger partial charge in [0, 0.05) is 28.7 Å². The van der Waals surface area contributed by atoms with Gasteiger partial charge in [-0.1, -0.05) is 48.5 Å². The van der Waals surface area contributed by atoms with E-state index in [1.165, 1.54) is 32.3 Å². The Kier molecular flexibility index (Phi) is 3.84. The number of rotatable bonds is 0. The highest BCUT2D eigenvalue weighted by molar-refractivity contribution is 9.12. The van der Waals surface area contributed by atoms with Crippen LogP contribution in [0.4, 0.5) is 0 Å². The van der Waals surface area contributed by atoms with E-state index in [9.17, 15) is 0 Å². The number of fused-ring (bicyclic) bond motifs is 3. The molecule has 22 heavy (non-hydrogen) atoms. The van der Waals surface area contributed by atoms with Gasteiger partial charge in [-0.05, 0) is 85.3 Å². The molecule has 4 aromatic carbocycles. The summed E-state index contributed by atoms with van der Waals surface area (Å²) < 4.78 is 4.44. The molecular formula is C18H8Br4. The number of hydrogen-bond acceptors (Lipinski definition) is 0. The third-order valence-electron chi connectivity index (χ3n) is 3.93. The Morgan fingerprint density at radius 3 is 0.864 bits per heavy atom. The van der Waals surface area contributed by atoms with Crippen LogP contribution in [0.25, 0.3) is 32.3 Å². The van der Waals surface area contributed by atoms with E-state index >= 15 is 0 Å². The van der Waals surface area contributed by atoms with Crippen LogP contribution in [0.1, 0.15) is 0 Å². The molecule has 0 saturated heterocycles. The summed E-state index contributed by atoms with van der Waals surface area (Å²) in [6.45, 7) is 0. The van der Waals surface area contributed by atoms with Gasteiger partial charge < -0.3 is 0 Å². The van der Waals surface area contributed by atoms with Gasteiger partial charge in [-0.3, -0.25) is 0 Å². The van der Waals surface area contributed by atoms with E-state index in [1.54, 1.807) is 0 Å². The Morgan fingerprint density at radius 1 is 0.409 bits per heavy atom. The summed E-state index contributed by atoms with van der Waals surface area (Å²) in [5.74, 6) is 0. The first-order valence-electron chi connectivity index (χ1n) is 6.66. The van der Waals surface area contributed by atoms with Crippen molar-refractivity contribution in [1.29, 1.82) is 0 Å². The van der Waals surface area contributed by atoms with Crippen molar-refractivity contribution in [3.05, 3.63) is 66.4 Å². The lowest BCUT2D eigenvalue weighted by Gasteiger charge is -2.15. The molecule has 0 amide bonds. The molecule has 0 radical (unpaired) electrons. The van der Waals surface area contributed by atoms with Gasteiger partial charge in [0.05, 0.1) is 0 Å². The van der Waals surface area contributed by atoms with Gasteiger partial charge in [0.25, 0.3) is 0 Å². The minimum absolute atomic E-state index is 1.11. The third kappa shape index (κ3) is 2.04. The van der Waals surface area contributed by atoms with Crippen LogP contribution in [0.3, 0.4) is 0 Å². The lowest BCUT2D eigenvalue weighted by Crippen LogP contribution is -1.88. The van der Waals surface area contributed by atoms with Gasteiger partial charge in [0.15, 0.2) is 0 Å². The molecule has 0 nitrogen and oxygen atoms in total. The Morgan fingerprint density at radius 2 is 0.636 bits per heavy atom. The van der Waals surface area contributed by atoms with E-state index in [2.05, 4.69) is 112 Å². The maximum absolute atomic E-state index is 3.82. The summed E-state index contributed by atoms with van der Waals surface area (Å²) in [4.78, 5) is 0. The van der Waals surface area contributed by atoms with E-state index in [1.807, 2.05) is 0 Å². The smallest absolute Gasteiger partial charge is 0.0344 e. The molecule has 0 unspecified atom stereocenters. The van der Waals surface area contributed by atoms with E-state index in [4.69, 9.17) is 0 Å². The molecule has 108 valence electrons. The van der Waals surface area contributed by atoms with Crippen molar-refractivity contribution in [2.45, 2.75) is 0 Å². The van der Waals surface area contributed by atoms with Crippen LogP contribution in [0.15, 0.2) is 66.4 Å². The van der Waals surface area contributed by atoms with Gasteiger partial charge in [-0.2, -0.15) is 0 Å². The Bertz CT molecular complexity index is 899. The van der Waals surface area contributed by atoms with Crippen LogP contribution in [-0.2, 0) is 0 Å². The van der Waals surface area contributed by atoms with Crippen molar-refractivity contribution in [2.75, 3.05) is 0 Å². The molecule has 4 heteroatoms. The monoisotopic (exact) mass is 540 g/mol. The normalized spacial score (nSPS) is 11.6. The fourth-order valence-electron chi connectivity index (χ4n) is 2.90. The molecule has 0 aliphatic carbocycles. The molecule has 4 rings (SSSR count). The number of hydrogen-bond donors (Lipinski definition) is 0. The van der Waals surface area contributed by atoms with E-state index in [0.29, 0.717) is 0 Å². The standard InChI is InChI=1S/C18H8Br4/c19-15-9-5-1-2-6-10(9)16(20)14-13(15)17(21)11-7-3-4-8-12(11)18(14)22/h1-8H.